The van der Waals surface area contributed by atoms with Gasteiger partial charge in [-0.1, -0.05) is 11.6 Å². The van der Waals surface area contributed by atoms with Gasteiger partial charge < -0.3 is 15.5 Å². The zero-order valence-electron chi connectivity index (χ0n) is 12.8. The molecule has 0 aliphatic rings. The van der Waals surface area contributed by atoms with E-state index < -0.39 is 0 Å². The topological polar surface area (TPSA) is 112 Å². The molecule has 0 unspecified atom stereocenters. The molecule has 0 saturated carbocycles. The SMILES string of the molecule is COc1c(C)cnc(Cn2c(=O)[nH]c3c(Cl)nc(N)nc32)c1C. The number of aryl methyl sites for hydroxylation is 1. The lowest BCUT2D eigenvalue weighted by molar-refractivity contribution is 0.406. The predicted octanol–water partition coefficient (Wildman–Crippen LogP) is 1.42. The Morgan fingerprint density at radius 2 is 2.13 bits per heavy atom. The number of rotatable bonds is 3. The van der Waals surface area contributed by atoms with Crippen molar-refractivity contribution in [2.45, 2.75) is 20.4 Å². The lowest BCUT2D eigenvalue weighted by atomic mass is 10.1. The largest absolute Gasteiger partial charge is 0.496 e. The monoisotopic (exact) mass is 334 g/mol. The van der Waals surface area contributed by atoms with Gasteiger partial charge in [-0.05, 0) is 13.8 Å². The summed E-state index contributed by atoms with van der Waals surface area (Å²) >= 11 is 6.00. The highest BCUT2D eigenvalue weighted by Gasteiger charge is 2.16. The van der Waals surface area contributed by atoms with Crippen LogP contribution in [0.2, 0.25) is 5.15 Å². The van der Waals surface area contributed by atoms with E-state index in [4.69, 9.17) is 22.1 Å². The molecule has 23 heavy (non-hydrogen) atoms. The van der Waals surface area contributed by atoms with Crippen LogP contribution in [-0.4, -0.2) is 31.6 Å². The number of aromatic nitrogens is 5. The van der Waals surface area contributed by atoms with Gasteiger partial charge in [0.25, 0.3) is 0 Å². The maximum Gasteiger partial charge on any atom is 0.328 e. The number of imidazole rings is 1. The number of nitrogens with two attached hydrogens (primary N) is 1. The fourth-order valence-corrected chi connectivity index (χ4v) is 2.76. The Kier molecular flexibility index (Phi) is 3.69. The van der Waals surface area contributed by atoms with Crippen molar-refractivity contribution in [3.63, 3.8) is 0 Å². The van der Waals surface area contributed by atoms with E-state index in [1.165, 1.54) is 4.57 Å². The number of nitrogens with zero attached hydrogens (tertiary/aromatic N) is 4. The summed E-state index contributed by atoms with van der Waals surface area (Å²) in [5.74, 6) is 0.747. The van der Waals surface area contributed by atoms with E-state index in [-0.39, 0.29) is 23.3 Å². The van der Waals surface area contributed by atoms with Crippen LogP contribution >= 0.6 is 11.6 Å². The van der Waals surface area contributed by atoms with Gasteiger partial charge in [0, 0.05) is 17.3 Å². The highest BCUT2D eigenvalue weighted by atomic mass is 35.5. The van der Waals surface area contributed by atoms with Crippen LogP contribution in [0, 0.1) is 13.8 Å². The van der Waals surface area contributed by atoms with Crippen molar-refractivity contribution >= 4 is 28.7 Å². The minimum absolute atomic E-state index is 0.00131. The number of nitrogens with one attached hydrogen (secondary N) is 1. The number of fused-ring (bicyclic) bond motifs is 1. The van der Waals surface area contributed by atoms with Crippen LogP contribution in [0.1, 0.15) is 16.8 Å². The second-order valence-corrected chi connectivity index (χ2v) is 5.49. The number of nitrogen functional groups attached to an aromatic ring is 1. The number of pyridine rings is 1. The fourth-order valence-electron chi connectivity index (χ4n) is 2.54. The van der Waals surface area contributed by atoms with Gasteiger partial charge in [0.05, 0.1) is 19.3 Å². The molecule has 120 valence electrons. The van der Waals surface area contributed by atoms with Crippen molar-refractivity contribution in [2.24, 2.45) is 0 Å². The fraction of sp³-hybridized carbons (Fsp3) is 0.286. The molecule has 0 fully saturated rings. The Bertz CT molecular complexity index is 962. The molecule has 3 heterocycles. The Hall–Kier alpha value is -2.61. The van der Waals surface area contributed by atoms with Crippen LogP contribution in [0.25, 0.3) is 11.2 Å². The van der Waals surface area contributed by atoms with Gasteiger partial charge in [0.15, 0.2) is 10.8 Å². The second kappa shape index (κ2) is 5.54. The molecular formula is C14H15ClN6O2. The van der Waals surface area contributed by atoms with Crippen LogP contribution in [0.15, 0.2) is 11.0 Å². The molecule has 0 spiro atoms. The van der Waals surface area contributed by atoms with Crippen molar-refractivity contribution in [3.8, 4) is 5.75 Å². The molecule has 0 atom stereocenters. The van der Waals surface area contributed by atoms with Gasteiger partial charge >= 0.3 is 5.69 Å². The first-order valence-corrected chi connectivity index (χ1v) is 7.20. The maximum absolute atomic E-state index is 12.2. The summed E-state index contributed by atoms with van der Waals surface area (Å²) < 4.78 is 6.81. The number of methoxy groups -OCH3 is 1. The smallest absolute Gasteiger partial charge is 0.328 e. The van der Waals surface area contributed by atoms with Gasteiger partial charge in [-0.3, -0.25) is 9.55 Å². The summed E-state index contributed by atoms with van der Waals surface area (Å²) in [5.41, 5.74) is 8.44. The third-order valence-electron chi connectivity index (χ3n) is 3.65. The predicted molar refractivity (Wildman–Crippen MR) is 86.9 cm³/mol. The van der Waals surface area contributed by atoms with Gasteiger partial charge in [0.2, 0.25) is 5.95 Å². The summed E-state index contributed by atoms with van der Waals surface area (Å²) in [6, 6.07) is 0. The van der Waals surface area contributed by atoms with E-state index in [2.05, 4.69) is 19.9 Å². The van der Waals surface area contributed by atoms with Crippen molar-refractivity contribution in [1.82, 2.24) is 24.5 Å². The molecular weight excluding hydrogens is 320 g/mol. The zero-order chi connectivity index (χ0) is 16.7. The van der Waals surface area contributed by atoms with Crippen LogP contribution in [0.5, 0.6) is 5.75 Å². The molecule has 8 nitrogen and oxygen atoms in total. The third kappa shape index (κ3) is 2.50. The highest BCUT2D eigenvalue weighted by molar-refractivity contribution is 6.33. The number of anilines is 1. The number of H-pyrrole nitrogens is 1. The highest BCUT2D eigenvalue weighted by Crippen LogP contribution is 2.25. The molecule has 0 bridgehead atoms. The molecule has 0 amide bonds. The van der Waals surface area contributed by atoms with Gasteiger partial charge in [-0.2, -0.15) is 9.97 Å². The van der Waals surface area contributed by atoms with E-state index in [0.29, 0.717) is 16.9 Å². The lowest BCUT2D eigenvalue weighted by Crippen LogP contribution is -2.19. The molecule has 0 saturated heterocycles. The standard InChI is InChI=1S/C14H15ClN6O2/c1-6-4-17-8(7(2)10(6)23-3)5-21-12-9(18-14(21)22)11(15)19-13(16)20-12/h4H,5H2,1-3H3,(H,18,22)(H2,16,19,20). The maximum atomic E-state index is 12.2. The molecule has 0 aliphatic heterocycles. The number of halogens is 1. The molecule has 9 heteroatoms. The minimum Gasteiger partial charge on any atom is -0.496 e. The normalized spacial score (nSPS) is 11.1. The first-order valence-electron chi connectivity index (χ1n) is 6.83. The average molecular weight is 335 g/mol. The van der Waals surface area contributed by atoms with Gasteiger partial charge in [0.1, 0.15) is 11.3 Å². The first-order chi connectivity index (χ1) is 10.9. The van der Waals surface area contributed by atoms with Crippen molar-refractivity contribution < 1.29 is 4.74 Å². The van der Waals surface area contributed by atoms with Gasteiger partial charge in [-0.15, -0.1) is 0 Å². The number of ether oxygens (including phenoxy) is 1. The average Bonchev–Trinajstić information content (AvgIpc) is 2.79. The summed E-state index contributed by atoms with van der Waals surface area (Å²) in [6.45, 7) is 4.02. The number of aromatic amines is 1. The van der Waals surface area contributed by atoms with E-state index in [9.17, 15) is 4.79 Å². The molecule has 3 aromatic heterocycles. The van der Waals surface area contributed by atoms with Crippen LogP contribution < -0.4 is 16.2 Å². The molecule has 3 rings (SSSR count). The minimum atomic E-state index is -0.359. The molecule has 0 aromatic carbocycles. The summed E-state index contributed by atoms with van der Waals surface area (Å²) in [7, 11) is 1.60. The lowest BCUT2D eigenvalue weighted by Gasteiger charge is -2.12. The van der Waals surface area contributed by atoms with Crippen LogP contribution in [0.4, 0.5) is 5.95 Å². The summed E-state index contributed by atoms with van der Waals surface area (Å²) in [6.07, 6.45) is 1.71. The third-order valence-corrected chi connectivity index (χ3v) is 3.93. The van der Waals surface area contributed by atoms with Crippen molar-refractivity contribution in [3.05, 3.63) is 38.7 Å². The van der Waals surface area contributed by atoms with E-state index >= 15 is 0 Å². The Morgan fingerprint density at radius 1 is 1.39 bits per heavy atom. The number of hydrogen-bond donors (Lipinski definition) is 2. The Balaban J connectivity index is 2.16. The van der Waals surface area contributed by atoms with E-state index in [1.54, 1.807) is 13.3 Å². The molecule has 0 aliphatic carbocycles. The Morgan fingerprint density at radius 3 is 2.83 bits per heavy atom. The van der Waals surface area contributed by atoms with Crippen LogP contribution in [-0.2, 0) is 6.54 Å². The van der Waals surface area contributed by atoms with E-state index in [0.717, 1.165) is 16.9 Å². The summed E-state index contributed by atoms with van der Waals surface area (Å²) in [4.78, 5) is 27.2. The molecule has 3 N–H and O–H groups in total. The van der Waals surface area contributed by atoms with Crippen molar-refractivity contribution in [2.75, 3.05) is 12.8 Å². The van der Waals surface area contributed by atoms with E-state index in [1.807, 2.05) is 13.8 Å². The van der Waals surface area contributed by atoms with Crippen molar-refractivity contribution in [1.29, 1.82) is 0 Å². The second-order valence-electron chi connectivity index (χ2n) is 5.13. The molecule has 3 aromatic rings. The van der Waals surface area contributed by atoms with Gasteiger partial charge in [-0.25, -0.2) is 4.79 Å². The number of hydrogen-bond acceptors (Lipinski definition) is 6. The Labute approximate surface area is 136 Å². The first kappa shape index (κ1) is 15.3. The van der Waals surface area contributed by atoms with Crippen LogP contribution in [0.3, 0.4) is 0 Å². The quantitative estimate of drug-likeness (QED) is 0.701. The molecule has 0 radical (unpaired) electrons. The summed E-state index contributed by atoms with van der Waals surface area (Å²) in [5, 5.41) is 0.106. The zero-order valence-corrected chi connectivity index (χ0v) is 13.6.